The van der Waals surface area contributed by atoms with E-state index >= 15 is 0 Å². The molecule has 16 N–H and O–H groups in total. The topological polar surface area (TPSA) is 334 Å². The maximum absolute atomic E-state index is 10.1. The van der Waals surface area contributed by atoms with E-state index in [9.17, 15) is 19.2 Å². The second-order valence-electron chi connectivity index (χ2n) is 12.2. The van der Waals surface area contributed by atoms with Crippen molar-refractivity contribution in [1.82, 2.24) is 0 Å². The van der Waals surface area contributed by atoms with Crippen molar-refractivity contribution in [1.29, 1.82) is 0 Å². The van der Waals surface area contributed by atoms with Crippen LogP contribution in [0.3, 0.4) is 0 Å². The number of hydrogen-bond donors (Lipinski definition) is 12. The fourth-order valence-electron chi connectivity index (χ4n) is 3.37. The van der Waals surface area contributed by atoms with Crippen LogP contribution in [-0.4, -0.2) is 89.6 Å². The Bertz CT molecular complexity index is 715. The van der Waals surface area contributed by atoms with E-state index in [0.717, 1.165) is 64.2 Å². The molecule has 53 heavy (non-hydrogen) atoms. The normalized spacial score (nSPS) is 11.9. The summed E-state index contributed by atoms with van der Waals surface area (Å²) >= 11 is 0. The lowest BCUT2D eigenvalue weighted by atomic mass is 10.1. The van der Waals surface area contributed by atoms with E-state index in [1.807, 2.05) is 0 Å². The van der Waals surface area contributed by atoms with Crippen molar-refractivity contribution in [2.45, 2.75) is 201 Å². The molecule has 4 unspecified atom stereocenters. The van der Waals surface area contributed by atoms with Crippen LogP contribution in [0.1, 0.15) is 176 Å². The van der Waals surface area contributed by atoms with E-state index in [-0.39, 0.29) is 12.8 Å². The Morgan fingerprint density at radius 3 is 0.849 bits per heavy atom. The molecule has 0 heterocycles. The summed E-state index contributed by atoms with van der Waals surface area (Å²) in [6.45, 7) is 10.4. The lowest BCUT2D eigenvalue weighted by Gasteiger charge is -1.98. The minimum Gasteiger partial charge on any atom is -0.481 e. The van der Waals surface area contributed by atoms with E-state index in [2.05, 4.69) is 36.8 Å². The summed E-state index contributed by atoms with van der Waals surface area (Å²) < 4.78 is 0. The van der Waals surface area contributed by atoms with Gasteiger partial charge in [0.1, 0.15) is 0 Å². The number of aliphatic hydroxyl groups excluding tert-OH is 4. The maximum atomic E-state index is 10.1. The van der Waals surface area contributed by atoms with Crippen LogP contribution in [0.4, 0.5) is 0 Å². The summed E-state index contributed by atoms with van der Waals surface area (Å²) in [6, 6.07) is 0. The van der Waals surface area contributed by atoms with E-state index in [4.69, 9.17) is 40.9 Å². The van der Waals surface area contributed by atoms with Crippen molar-refractivity contribution in [3.05, 3.63) is 12.2 Å². The van der Waals surface area contributed by atoms with Gasteiger partial charge in [-0.3, -0.25) is 14.4 Å². The third-order valence-corrected chi connectivity index (χ3v) is 5.51. The van der Waals surface area contributed by atoms with Gasteiger partial charge in [0, 0.05) is 25.3 Å². The highest BCUT2D eigenvalue weighted by atomic mass is 16.4. The van der Waals surface area contributed by atoms with Crippen molar-refractivity contribution >= 4 is 23.9 Å². The van der Waals surface area contributed by atoms with Gasteiger partial charge in [0.15, 0.2) is 0 Å². The largest absolute Gasteiger partial charge is 0.481 e. The molecule has 0 aromatic rings. The van der Waals surface area contributed by atoms with Gasteiger partial charge in [-0.25, -0.2) is 4.79 Å². The summed E-state index contributed by atoms with van der Waals surface area (Å²) in [4.78, 5) is 40.4. The number of carboxylic acids is 4. The zero-order valence-corrected chi connectivity index (χ0v) is 33.8. The van der Waals surface area contributed by atoms with Crippen LogP contribution in [0.25, 0.3) is 0 Å². The molecule has 16 nitrogen and oxygen atoms in total. The standard InChI is InChI=1S/C10H18O4.C10H20O2.C9H16O2.4C2H7NO/c11-9(12)7-5-3-1-2-4-6-8-10(13)14;1-2-3-4-5-6-7-8-9-10(11)12;1-2-3-4-5-6-7-8-9(10)11;4*1-2(3)4/h1-8H2,(H,11,12)(H,13,14);2-9H2,1H3,(H,11,12);7-8H,2-6H2,1H3,(H,10,11);4*2,4H,3H2,1H3. The van der Waals surface area contributed by atoms with Gasteiger partial charge < -0.3 is 63.8 Å². The molecule has 0 amide bonds. The molecule has 0 aromatic carbocycles. The highest BCUT2D eigenvalue weighted by Gasteiger charge is 1.98. The van der Waals surface area contributed by atoms with Crippen molar-refractivity contribution in [3.63, 3.8) is 0 Å². The van der Waals surface area contributed by atoms with Crippen LogP contribution in [0.5, 0.6) is 0 Å². The average molecular weight is 775 g/mol. The van der Waals surface area contributed by atoms with E-state index in [0.29, 0.717) is 6.42 Å². The highest BCUT2D eigenvalue weighted by Crippen LogP contribution is 2.09. The summed E-state index contributed by atoms with van der Waals surface area (Å²) in [5, 5.41) is 64.6. The van der Waals surface area contributed by atoms with Gasteiger partial charge in [0.05, 0.1) is 24.9 Å². The minimum absolute atomic E-state index is 0.245. The second-order valence-corrected chi connectivity index (χ2v) is 12.2. The summed E-state index contributed by atoms with van der Waals surface area (Å²) in [6.07, 6.45) is 20.4. The summed E-state index contributed by atoms with van der Waals surface area (Å²) in [5.41, 5.74) is 18.7. The highest BCUT2D eigenvalue weighted by molar-refractivity contribution is 5.79. The van der Waals surface area contributed by atoms with Crippen LogP contribution in [0, 0.1) is 0 Å². The Morgan fingerprint density at radius 1 is 0.434 bits per heavy atom. The van der Waals surface area contributed by atoms with Crippen LogP contribution in [0.2, 0.25) is 0 Å². The average Bonchev–Trinajstić information content (AvgIpc) is 2.99. The molecule has 0 aliphatic rings. The molecule has 0 radical (unpaired) electrons. The zero-order valence-electron chi connectivity index (χ0n) is 33.8. The van der Waals surface area contributed by atoms with Crippen LogP contribution < -0.4 is 22.9 Å². The number of aliphatic carboxylic acids is 4. The van der Waals surface area contributed by atoms with Crippen molar-refractivity contribution in [2.24, 2.45) is 22.9 Å². The fraction of sp³-hybridized carbons (Fsp3) is 0.838. The number of hydrogen-bond acceptors (Lipinski definition) is 12. The second kappa shape index (κ2) is 58.6. The molecule has 0 rings (SSSR count). The molecule has 0 saturated carbocycles. The first-order valence-electron chi connectivity index (χ1n) is 18.9. The molecule has 0 fully saturated rings. The third kappa shape index (κ3) is 172. The first-order valence-corrected chi connectivity index (χ1v) is 18.9. The monoisotopic (exact) mass is 775 g/mol. The van der Waals surface area contributed by atoms with Gasteiger partial charge in [0.2, 0.25) is 0 Å². The number of nitrogens with two attached hydrogens (primary N) is 4. The molecule has 4 atom stereocenters. The number of unbranched alkanes of at least 4 members (excludes halogenated alkanes) is 15. The lowest BCUT2D eigenvalue weighted by Crippen LogP contribution is -2.11. The van der Waals surface area contributed by atoms with E-state index in [1.54, 1.807) is 6.08 Å². The minimum atomic E-state index is -0.847. The maximum Gasteiger partial charge on any atom is 0.327 e. The Kier molecular flexibility index (Phi) is 72.1. The van der Waals surface area contributed by atoms with Crippen molar-refractivity contribution < 1.29 is 60.0 Å². The lowest BCUT2D eigenvalue weighted by molar-refractivity contribution is -0.138. The van der Waals surface area contributed by atoms with Crippen LogP contribution in [0.15, 0.2) is 12.2 Å². The Labute approximate surface area is 320 Å². The SMILES string of the molecule is CC(N)O.CC(N)O.CC(N)O.CC(N)O.CCCCCCC=CC(=O)O.CCCCCCCCCC(=O)O.O=C(O)CCCCCCCCC(=O)O. The molecule has 0 spiro atoms. The molecule has 322 valence electrons. The number of allylic oxidation sites excluding steroid dienone is 1. The van der Waals surface area contributed by atoms with Gasteiger partial charge in [-0.05, 0) is 59.8 Å². The van der Waals surface area contributed by atoms with Crippen LogP contribution >= 0.6 is 0 Å². The van der Waals surface area contributed by atoms with Crippen molar-refractivity contribution in [2.75, 3.05) is 0 Å². The van der Waals surface area contributed by atoms with Gasteiger partial charge in [-0.15, -0.1) is 0 Å². The predicted molar refractivity (Wildman–Crippen MR) is 211 cm³/mol. The Balaban J connectivity index is -0.0000000998. The number of carbonyl (C=O) groups is 4. The molecule has 0 aliphatic heterocycles. The first kappa shape index (κ1) is 65.2. The number of aliphatic hydroxyl groups is 4. The van der Waals surface area contributed by atoms with E-state index < -0.39 is 48.8 Å². The Hall–Kier alpha value is -2.70. The number of carboxylic acid groups (broad SMARTS) is 4. The molecular formula is C37H82N4O12. The molecule has 0 aliphatic carbocycles. The van der Waals surface area contributed by atoms with Gasteiger partial charge in [-0.2, -0.15) is 0 Å². The smallest absolute Gasteiger partial charge is 0.327 e. The number of rotatable bonds is 23. The van der Waals surface area contributed by atoms with Gasteiger partial charge in [0.25, 0.3) is 0 Å². The van der Waals surface area contributed by atoms with Crippen molar-refractivity contribution in [3.8, 4) is 0 Å². The molecule has 16 heteroatoms. The van der Waals surface area contributed by atoms with Crippen LogP contribution in [-0.2, 0) is 19.2 Å². The molecule has 0 bridgehead atoms. The van der Waals surface area contributed by atoms with Gasteiger partial charge >= 0.3 is 23.9 Å². The molecule has 0 saturated heterocycles. The fourth-order valence-corrected chi connectivity index (χ4v) is 3.37. The summed E-state index contributed by atoms with van der Waals surface area (Å²) in [5.74, 6) is -2.99. The van der Waals surface area contributed by atoms with E-state index in [1.165, 1.54) is 85.1 Å². The quantitative estimate of drug-likeness (QED) is 0.0359. The molecular weight excluding hydrogens is 692 g/mol. The Morgan fingerprint density at radius 2 is 0.642 bits per heavy atom. The van der Waals surface area contributed by atoms with Gasteiger partial charge in [-0.1, -0.05) is 103 Å². The molecule has 0 aromatic heterocycles. The predicted octanol–water partition coefficient (Wildman–Crippen LogP) is 5.22. The first-order chi connectivity index (χ1) is 24.6. The third-order valence-electron chi connectivity index (χ3n) is 5.51. The zero-order chi connectivity index (χ0) is 42.9. The summed E-state index contributed by atoms with van der Waals surface area (Å²) in [7, 11) is 0.